The zero-order valence-electron chi connectivity index (χ0n) is 25.0. The molecule has 0 aromatic carbocycles. The van der Waals surface area contributed by atoms with Crippen molar-refractivity contribution in [2.45, 2.75) is 150 Å². The first kappa shape index (κ1) is 36.6. The Labute approximate surface area is 257 Å². The topological polar surface area (TPSA) is 296 Å². The van der Waals surface area contributed by atoms with Crippen LogP contribution in [0.25, 0.3) is 0 Å². The van der Waals surface area contributed by atoms with E-state index in [-0.39, 0.29) is 0 Å². The lowest BCUT2D eigenvalue weighted by Crippen LogP contribution is -2.69. The number of carbonyl (C=O) groups is 1. The Balaban J connectivity index is 1.66. The number of ether oxygens (including phenoxy) is 7. The highest BCUT2D eigenvalue weighted by molar-refractivity contribution is 5.73. The molecule has 4 heterocycles. The first-order valence-electron chi connectivity index (χ1n) is 14.7. The van der Waals surface area contributed by atoms with Gasteiger partial charge in [-0.15, -0.1) is 0 Å². The van der Waals surface area contributed by atoms with E-state index in [1.165, 1.54) is 20.8 Å². The van der Waals surface area contributed by atoms with Gasteiger partial charge in [-0.3, -0.25) is 4.79 Å². The lowest BCUT2D eigenvalue weighted by atomic mass is 9.94. The normalized spacial score (nSPS) is 52.8. The van der Waals surface area contributed by atoms with Gasteiger partial charge in [-0.1, -0.05) is 0 Å². The zero-order valence-corrected chi connectivity index (χ0v) is 25.0. The molecule has 0 aliphatic carbocycles. The number of carbonyl (C=O) groups excluding carboxylic acids is 1. The minimum Gasteiger partial charge on any atom is -0.388 e. The molecule has 0 spiro atoms. The number of amides is 1. The second-order valence-electron chi connectivity index (χ2n) is 11.9. The Morgan fingerprint density at radius 3 is 1.42 bits per heavy atom. The molecule has 4 saturated heterocycles. The van der Waals surface area contributed by atoms with Gasteiger partial charge in [0.2, 0.25) is 5.91 Å². The van der Waals surface area contributed by atoms with E-state index in [4.69, 9.17) is 33.2 Å². The quantitative estimate of drug-likeness (QED) is 0.115. The van der Waals surface area contributed by atoms with E-state index >= 15 is 0 Å². The van der Waals surface area contributed by atoms with Crippen LogP contribution < -0.4 is 5.32 Å². The van der Waals surface area contributed by atoms with E-state index < -0.39 is 135 Å². The van der Waals surface area contributed by atoms with Crippen LogP contribution in [0.2, 0.25) is 0 Å². The van der Waals surface area contributed by atoms with Crippen molar-refractivity contribution in [3.63, 3.8) is 0 Å². The van der Waals surface area contributed by atoms with Crippen LogP contribution in [0.5, 0.6) is 0 Å². The number of hydrogen-bond acceptors (Lipinski definition) is 18. The highest BCUT2D eigenvalue weighted by atomic mass is 16.8. The summed E-state index contributed by atoms with van der Waals surface area (Å²) in [7, 11) is 0. The third-order valence-electron chi connectivity index (χ3n) is 8.47. The van der Waals surface area contributed by atoms with Gasteiger partial charge in [0.05, 0.1) is 24.9 Å². The van der Waals surface area contributed by atoms with Crippen LogP contribution in [-0.2, 0) is 38.0 Å². The molecule has 0 bridgehead atoms. The lowest BCUT2D eigenvalue weighted by Gasteiger charge is -2.49. The number of aliphatic hydroxyl groups is 10. The average Bonchev–Trinajstić information content (AvgIpc) is 2.99. The fourth-order valence-electron chi connectivity index (χ4n) is 5.67. The summed E-state index contributed by atoms with van der Waals surface area (Å²) in [4.78, 5) is 12.1. The first-order valence-corrected chi connectivity index (χ1v) is 14.7. The van der Waals surface area contributed by atoms with Crippen molar-refractivity contribution in [1.82, 2.24) is 5.32 Å². The summed E-state index contributed by atoms with van der Waals surface area (Å²) in [6, 6.07) is -1.47. The van der Waals surface area contributed by atoms with Gasteiger partial charge in [0.15, 0.2) is 25.2 Å². The Hall–Kier alpha value is -1.21. The molecular weight excluding hydrogens is 614 g/mol. The van der Waals surface area contributed by atoms with Gasteiger partial charge in [0, 0.05) is 6.92 Å². The third kappa shape index (κ3) is 7.76. The van der Waals surface area contributed by atoms with Crippen molar-refractivity contribution in [2.24, 2.45) is 0 Å². The monoisotopic (exact) mass is 659 g/mol. The van der Waals surface area contributed by atoms with Crippen LogP contribution in [0.15, 0.2) is 0 Å². The standard InChI is InChI=1S/C26H45NO18/c1-6-12(29)15(32)18(35)24(40-6)39-5-10-21(44-25-19(36)16(33)13(30)7(2)41-25)22(11(23(38)43-10)27-9(4)28)45-26-20(37)17(34)14(31)8(3)42-26/h6-8,10-26,29-38H,5H2,1-4H3,(H,27,28)/t6-,7-,8-,10+,11+,12+,13+,14+,15+,16+,17+,18-,19-,20-,21+,22+,23+,24+,25-,26-/m0/s1. The van der Waals surface area contributed by atoms with Crippen molar-refractivity contribution < 1.29 is 89.0 Å². The summed E-state index contributed by atoms with van der Waals surface area (Å²) < 4.78 is 39.9. The molecule has 4 fully saturated rings. The summed E-state index contributed by atoms with van der Waals surface area (Å²) in [5, 5.41) is 106. The summed E-state index contributed by atoms with van der Waals surface area (Å²) in [5.41, 5.74) is 0. The van der Waals surface area contributed by atoms with Crippen molar-refractivity contribution in [2.75, 3.05) is 6.61 Å². The van der Waals surface area contributed by atoms with Gasteiger partial charge >= 0.3 is 0 Å². The summed E-state index contributed by atoms with van der Waals surface area (Å²) in [6.45, 7) is 4.75. The van der Waals surface area contributed by atoms with E-state index in [1.54, 1.807) is 0 Å². The van der Waals surface area contributed by atoms with Crippen molar-refractivity contribution in [1.29, 1.82) is 0 Å². The van der Waals surface area contributed by atoms with E-state index in [2.05, 4.69) is 5.32 Å². The molecule has 4 aliphatic rings. The summed E-state index contributed by atoms with van der Waals surface area (Å²) in [6.07, 6.45) is -29.2. The molecule has 11 N–H and O–H groups in total. The number of aliphatic hydroxyl groups excluding tert-OH is 10. The molecule has 1 amide bonds. The fraction of sp³-hybridized carbons (Fsp3) is 0.962. The minimum absolute atomic E-state index is 0.596. The zero-order chi connectivity index (χ0) is 33.5. The molecule has 0 radical (unpaired) electrons. The summed E-state index contributed by atoms with van der Waals surface area (Å²) in [5.74, 6) is -0.667. The maximum Gasteiger partial charge on any atom is 0.217 e. The first-order chi connectivity index (χ1) is 21.0. The molecule has 19 heteroatoms. The number of hydrogen-bond donors (Lipinski definition) is 11. The molecule has 19 nitrogen and oxygen atoms in total. The maximum atomic E-state index is 12.1. The average molecular weight is 660 g/mol. The van der Waals surface area contributed by atoms with Crippen molar-refractivity contribution in [3.05, 3.63) is 0 Å². The third-order valence-corrected chi connectivity index (χ3v) is 8.47. The SMILES string of the molecule is CC(=O)N[C@@H]1[C@@H](O[C@@H]2O[C@@H](C)[C@@H](O)[C@@H](O)[C@@H]2O)[C@H](O[C@@H]2O[C@@H](C)[C@@H](O)[C@@H](O)[C@@H]2O)[C@@H](CO[C@@H]2O[C@@H](C)[C@@H](O)[C@@H](O)[C@@H]2O)O[C@H]1O. The van der Waals surface area contributed by atoms with Gasteiger partial charge in [0.25, 0.3) is 0 Å². The summed E-state index contributed by atoms with van der Waals surface area (Å²) >= 11 is 0. The van der Waals surface area contributed by atoms with Crippen molar-refractivity contribution >= 4 is 5.91 Å². The molecule has 0 saturated carbocycles. The predicted molar refractivity (Wildman–Crippen MR) is 141 cm³/mol. The fourth-order valence-corrected chi connectivity index (χ4v) is 5.67. The minimum atomic E-state index is -1.85. The molecule has 262 valence electrons. The molecule has 4 aliphatic heterocycles. The van der Waals surface area contributed by atoms with Crippen LogP contribution in [-0.4, -0.2) is 186 Å². The smallest absolute Gasteiger partial charge is 0.217 e. The number of nitrogens with one attached hydrogen (secondary N) is 1. The molecule has 0 aromatic rings. The molecule has 0 unspecified atom stereocenters. The van der Waals surface area contributed by atoms with Gasteiger partial charge in [-0.2, -0.15) is 0 Å². The second-order valence-corrected chi connectivity index (χ2v) is 11.9. The largest absolute Gasteiger partial charge is 0.388 e. The molecule has 20 atom stereocenters. The van der Waals surface area contributed by atoms with Gasteiger partial charge < -0.3 is 89.5 Å². The second kappa shape index (κ2) is 14.9. The number of rotatable bonds is 8. The van der Waals surface area contributed by atoms with Crippen LogP contribution in [0.1, 0.15) is 27.7 Å². The van der Waals surface area contributed by atoms with Gasteiger partial charge in [-0.05, 0) is 20.8 Å². The molecular formula is C26H45NO18. The van der Waals surface area contributed by atoms with Crippen LogP contribution in [0.4, 0.5) is 0 Å². The van der Waals surface area contributed by atoms with E-state index in [9.17, 15) is 55.9 Å². The van der Waals surface area contributed by atoms with Crippen LogP contribution in [0.3, 0.4) is 0 Å². The highest BCUT2D eigenvalue weighted by Gasteiger charge is 2.54. The Morgan fingerprint density at radius 1 is 0.578 bits per heavy atom. The van der Waals surface area contributed by atoms with Crippen molar-refractivity contribution in [3.8, 4) is 0 Å². The van der Waals surface area contributed by atoms with Crippen LogP contribution in [0, 0.1) is 0 Å². The maximum absolute atomic E-state index is 12.1. The van der Waals surface area contributed by atoms with E-state index in [0.29, 0.717) is 0 Å². The van der Waals surface area contributed by atoms with Crippen LogP contribution >= 0.6 is 0 Å². The van der Waals surface area contributed by atoms with E-state index in [1.807, 2.05) is 0 Å². The van der Waals surface area contributed by atoms with Gasteiger partial charge in [-0.25, -0.2) is 0 Å². The Kier molecular flexibility index (Phi) is 12.1. The Morgan fingerprint density at radius 2 is 0.978 bits per heavy atom. The lowest BCUT2D eigenvalue weighted by molar-refractivity contribution is -0.373. The molecule has 0 aromatic heterocycles. The predicted octanol–water partition coefficient (Wildman–Crippen LogP) is -6.52. The van der Waals surface area contributed by atoms with E-state index in [0.717, 1.165) is 6.92 Å². The molecule has 4 rings (SSSR count). The molecule has 45 heavy (non-hydrogen) atoms. The Bertz CT molecular complexity index is 980. The highest BCUT2D eigenvalue weighted by Crippen LogP contribution is 2.34. The van der Waals surface area contributed by atoms with Gasteiger partial charge in [0.1, 0.15) is 79.3 Å².